The van der Waals surface area contributed by atoms with Crippen LogP contribution in [-0.2, 0) is 22.9 Å². The van der Waals surface area contributed by atoms with Crippen LogP contribution < -0.4 is 11.7 Å². The van der Waals surface area contributed by atoms with Gasteiger partial charge in [-0.25, -0.2) is 0 Å². The van der Waals surface area contributed by atoms with E-state index < -0.39 is 29.3 Å². The molecule has 70 valence electrons. The molecule has 0 aromatic rings. The quantitative estimate of drug-likeness (QED) is 0.193. The monoisotopic (exact) mass is 190 g/mol. The number of nitrogens with two attached hydrogens (primary N) is 2. The second kappa shape index (κ2) is 4.95. The fourth-order valence-electron chi connectivity index (χ4n) is 0.620. The molecule has 2 rings (SSSR count). The van der Waals surface area contributed by atoms with Crippen molar-refractivity contribution in [3.05, 3.63) is 0 Å². The third kappa shape index (κ3) is 2.95. The first-order chi connectivity index (χ1) is 6.24. The Morgan fingerprint density at radius 1 is 0.846 bits per heavy atom. The van der Waals surface area contributed by atoms with Crippen LogP contribution in [0.25, 0.3) is 0 Å². The fraction of sp³-hybridized carbons (Fsp3) is 0. The standard InChI is InChI=1S/B4H2O7.H4N2/c5-1-7-3(8-1)11-4-9-2(6)10-4;1-2/h5-6H;1-2H2. The molecule has 0 amide bonds. The van der Waals surface area contributed by atoms with Crippen LogP contribution in [0.5, 0.6) is 0 Å². The Hall–Kier alpha value is -0.100. The summed E-state index contributed by atoms with van der Waals surface area (Å²) in [7, 11) is -4.46. The largest absolute Gasteiger partial charge is 0.612 e. The summed E-state index contributed by atoms with van der Waals surface area (Å²) in [5.74, 6) is 8.00. The predicted octanol–water partition coefficient (Wildman–Crippen LogP) is -4.16. The van der Waals surface area contributed by atoms with Crippen LogP contribution in [-0.4, -0.2) is 39.3 Å². The highest BCUT2D eigenvalue weighted by atomic mass is 16.9. The fourth-order valence-corrected chi connectivity index (χ4v) is 0.620. The van der Waals surface area contributed by atoms with E-state index >= 15 is 0 Å². The van der Waals surface area contributed by atoms with Gasteiger partial charge >= 0.3 is 29.3 Å². The zero-order valence-electron chi connectivity index (χ0n) is 6.40. The SMILES string of the molecule is NN.OB1OB(OB2OB(O)O2)O1. The molecule has 0 unspecified atom stereocenters. The van der Waals surface area contributed by atoms with Crippen LogP contribution in [0.4, 0.5) is 0 Å². The second-order valence-corrected chi connectivity index (χ2v) is 1.87. The zero-order valence-corrected chi connectivity index (χ0v) is 6.40. The van der Waals surface area contributed by atoms with Crippen molar-refractivity contribution in [1.82, 2.24) is 0 Å². The van der Waals surface area contributed by atoms with Crippen molar-refractivity contribution in [2.75, 3.05) is 0 Å². The Morgan fingerprint density at radius 2 is 1.15 bits per heavy atom. The molecule has 0 spiro atoms. The summed E-state index contributed by atoms with van der Waals surface area (Å²) in [6.45, 7) is 0. The highest BCUT2D eigenvalue weighted by Gasteiger charge is 2.52. The Bertz CT molecular complexity index is 129. The van der Waals surface area contributed by atoms with Crippen LogP contribution in [0.3, 0.4) is 0 Å². The minimum absolute atomic E-state index is 0.984. The normalized spacial score (nSPS) is 20.3. The first-order valence-corrected chi connectivity index (χ1v) is 3.21. The molecule has 0 saturated carbocycles. The van der Waals surface area contributed by atoms with Crippen molar-refractivity contribution in [3.8, 4) is 0 Å². The number of hydrogen-bond acceptors (Lipinski definition) is 9. The maximum atomic E-state index is 8.42. The smallest absolute Gasteiger partial charge is 0.403 e. The van der Waals surface area contributed by atoms with E-state index in [0.29, 0.717) is 0 Å². The van der Waals surface area contributed by atoms with Crippen molar-refractivity contribution in [1.29, 1.82) is 0 Å². The van der Waals surface area contributed by atoms with E-state index in [-0.39, 0.29) is 0 Å². The van der Waals surface area contributed by atoms with Gasteiger partial charge in [-0.3, -0.25) is 11.7 Å². The molecule has 9 nitrogen and oxygen atoms in total. The Kier molecular flexibility index (Phi) is 4.18. The zero-order chi connectivity index (χ0) is 9.84. The molecule has 2 heterocycles. The number of hydrazine groups is 1. The lowest BCUT2D eigenvalue weighted by atomic mass is 9.90. The molecule has 13 heavy (non-hydrogen) atoms. The second-order valence-electron chi connectivity index (χ2n) is 1.87. The summed E-state index contributed by atoms with van der Waals surface area (Å²) in [6.07, 6.45) is 0. The molecule has 0 aromatic heterocycles. The van der Waals surface area contributed by atoms with Crippen molar-refractivity contribution in [3.63, 3.8) is 0 Å². The molecule has 2 fully saturated rings. The van der Waals surface area contributed by atoms with E-state index in [0.717, 1.165) is 0 Å². The van der Waals surface area contributed by atoms with Gasteiger partial charge in [-0.05, 0) is 0 Å². The molecule has 0 bridgehead atoms. The van der Waals surface area contributed by atoms with Gasteiger partial charge < -0.3 is 32.9 Å². The molecule has 0 aromatic carbocycles. The highest BCUT2D eigenvalue weighted by molar-refractivity contribution is 6.74. The molecule has 2 saturated heterocycles. The molecule has 6 N–H and O–H groups in total. The van der Waals surface area contributed by atoms with Gasteiger partial charge in [0.1, 0.15) is 0 Å². The van der Waals surface area contributed by atoms with Crippen LogP contribution in [0.1, 0.15) is 0 Å². The van der Waals surface area contributed by atoms with E-state index in [1.165, 1.54) is 0 Å². The summed E-state index contributed by atoms with van der Waals surface area (Å²) in [5.41, 5.74) is 0. The van der Waals surface area contributed by atoms with Gasteiger partial charge in [-0.1, -0.05) is 0 Å². The van der Waals surface area contributed by atoms with E-state index in [4.69, 9.17) is 10.0 Å². The van der Waals surface area contributed by atoms with Gasteiger partial charge in [0.05, 0.1) is 0 Å². The van der Waals surface area contributed by atoms with E-state index in [1.807, 2.05) is 0 Å². The van der Waals surface area contributed by atoms with Gasteiger partial charge in [-0.2, -0.15) is 0 Å². The molecule has 2 aliphatic rings. The van der Waals surface area contributed by atoms with Crippen LogP contribution in [0.2, 0.25) is 0 Å². The molecule has 2 aliphatic heterocycles. The van der Waals surface area contributed by atoms with Crippen molar-refractivity contribution in [2.24, 2.45) is 11.7 Å². The predicted molar refractivity (Wildman–Crippen MR) is 41.3 cm³/mol. The maximum absolute atomic E-state index is 8.42. The van der Waals surface area contributed by atoms with Crippen molar-refractivity contribution >= 4 is 29.3 Å². The molecule has 0 atom stereocenters. The van der Waals surface area contributed by atoms with Gasteiger partial charge in [-0.15, -0.1) is 0 Å². The lowest BCUT2D eigenvalue weighted by molar-refractivity contribution is 0.0834. The summed E-state index contributed by atoms with van der Waals surface area (Å²) < 4.78 is 22.5. The summed E-state index contributed by atoms with van der Waals surface area (Å²) in [5, 5.41) is 16.8. The van der Waals surface area contributed by atoms with Gasteiger partial charge in [0.25, 0.3) is 0 Å². The first kappa shape index (κ1) is 11.0. The average molecular weight is 189 g/mol. The maximum Gasteiger partial charge on any atom is 0.612 e. The number of hydrogen-bond donors (Lipinski definition) is 4. The van der Waals surface area contributed by atoms with Crippen LogP contribution in [0.15, 0.2) is 0 Å². The summed E-state index contributed by atoms with van der Waals surface area (Å²) in [4.78, 5) is 0. The third-order valence-electron chi connectivity index (χ3n) is 1.13. The van der Waals surface area contributed by atoms with Gasteiger partial charge in [0.15, 0.2) is 0 Å². The Labute approximate surface area is 74.9 Å². The Morgan fingerprint density at radius 3 is 1.38 bits per heavy atom. The molecule has 0 aliphatic carbocycles. The van der Waals surface area contributed by atoms with Crippen molar-refractivity contribution < 1.29 is 32.9 Å². The van der Waals surface area contributed by atoms with Gasteiger partial charge in [0, 0.05) is 0 Å². The topological polar surface area (TPSA) is 139 Å². The lowest BCUT2D eigenvalue weighted by Crippen LogP contribution is -2.59. The molecule has 13 heteroatoms. The van der Waals surface area contributed by atoms with Crippen LogP contribution >= 0.6 is 0 Å². The minimum atomic E-state index is -1.25. The Balaban J connectivity index is 0.000000396. The lowest BCUT2D eigenvalue weighted by Gasteiger charge is -2.31. The third-order valence-corrected chi connectivity index (χ3v) is 1.13. The van der Waals surface area contributed by atoms with E-state index in [2.05, 4.69) is 34.5 Å². The van der Waals surface area contributed by atoms with E-state index in [9.17, 15) is 0 Å². The molecular weight excluding hydrogens is 183 g/mol. The molecule has 0 radical (unpaired) electrons. The highest BCUT2D eigenvalue weighted by Crippen LogP contribution is 2.14. The van der Waals surface area contributed by atoms with E-state index in [1.54, 1.807) is 0 Å². The summed E-state index contributed by atoms with van der Waals surface area (Å²) in [6, 6.07) is 0. The van der Waals surface area contributed by atoms with Crippen molar-refractivity contribution in [2.45, 2.75) is 0 Å². The van der Waals surface area contributed by atoms with Crippen LogP contribution in [0, 0.1) is 0 Å². The van der Waals surface area contributed by atoms with Gasteiger partial charge in [0.2, 0.25) is 0 Å². The minimum Gasteiger partial charge on any atom is -0.403 e. The first-order valence-electron chi connectivity index (χ1n) is 3.21. The number of rotatable bonds is 2. The average Bonchev–Trinajstić information content (AvgIpc) is 2.02. The summed E-state index contributed by atoms with van der Waals surface area (Å²) >= 11 is 0. The molecular formula is H6B4N2O7.